The van der Waals surface area contributed by atoms with E-state index in [2.05, 4.69) is 18.0 Å². The van der Waals surface area contributed by atoms with Gasteiger partial charge in [-0.1, -0.05) is 6.07 Å². The second kappa shape index (κ2) is 7.12. The van der Waals surface area contributed by atoms with Crippen molar-refractivity contribution in [2.45, 2.75) is 46.1 Å². The molecule has 3 heterocycles. The first-order chi connectivity index (χ1) is 11.8. The predicted octanol–water partition coefficient (Wildman–Crippen LogP) is 4.31. The second-order valence-corrected chi connectivity index (χ2v) is 8.81. The molecule has 6 heteroatoms. The number of rotatable bonds is 3. The molecule has 0 unspecified atom stereocenters. The lowest BCUT2D eigenvalue weighted by molar-refractivity contribution is 0.0288. The number of likely N-dealkylation sites (tertiary alicyclic amines) is 1. The Hall–Kier alpha value is -1.95. The Morgan fingerprint density at radius 1 is 1.40 bits per heavy atom. The van der Waals surface area contributed by atoms with Crippen molar-refractivity contribution in [2.75, 3.05) is 13.1 Å². The van der Waals surface area contributed by atoms with Crippen LogP contribution in [0.4, 0.5) is 4.79 Å². The number of nitrogens with zero attached hydrogens (tertiary/aromatic N) is 3. The van der Waals surface area contributed by atoms with Crippen LogP contribution in [0.5, 0.6) is 0 Å². The zero-order valence-corrected chi connectivity index (χ0v) is 16.1. The first kappa shape index (κ1) is 17.9. The summed E-state index contributed by atoms with van der Waals surface area (Å²) in [6.07, 6.45) is 3.53. The van der Waals surface area contributed by atoms with Gasteiger partial charge in [0.1, 0.15) is 10.6 Å². The molecule has 0 bridgehead atoms. The van der Waals surface area contributed by atoms with E-state index in [0.717, 1.165) is 42.3 Å². The lowest BCUT2D eigenvalue weighted by Crippen LogP contribution is -2.35. The predicted molar refractivity (Wildman–Crippen MR) is 99.7 cm³/mol. The van der Waals surface area contributed by atoms with E-state index in [1.165, 1.54) is 4.88 Å². The molecule has 1 saturated heterocycles. The molecule has 0 radical (unpaired) electrons. The number of carbonyl (C=O) groups excluding carboxylic acids is 1. The summed E-state index contributed by atoms with van der Waals surface area (Å²) in [5, 5.41) is 0.959. The first-order valence-corrected chi connectivity index (χ1v) is 9.48. The molecule has 0 saturated carbocycles. The standard InChI is InChI=1S/C19H25N3O2S/c1-13-11-20-17(25-13)16-7-5-6-15(21-16)10-14-8-9-22(12-14)18(23)24-19(2,3)4/h5-7,11,14H,8-10,12H2,1-4H3/t14-/m0/s1. The van der Waals surface area contributed by atoms with Gasteiger partial charge in [0.15, 0.2) is 0 Å². The van der Waals surface area contributed by atoms with Gasteiger partial charge in [-0.15, -0.1) is 11.3 Å². The summed E-state index contributed by atoms with van der Waals surface area (Å²) in [6, 6.07) is 6.10. The molecular formula is C19H25N3O2S. The molecule has 0 spiro atoms. The van der Waals surface area contributed by atoms with Crippen LogP contribution in [0.3, 0.4) is 0 Å². The Bertz CT molecular complexity index is 751. The fourth-order valence-corrected chi connectivity index (χ4v) is 3.71. The highest BCUT2D eigenvalue weighted by Gasteiger charge is 2.30. The minimum atomic E-state index is -0.448. The van der Waals surface area contributed by atoms with Gasteiger partial charge in [0.2, 0.25) is 0 Å². The summed E-state index contributed by atoms with van der Waals surface area (Å²) in [5.74, 6) is 0.424. The SMILES string of the molecule is Cc1cnc(-c2cccc(C[C@@H]3CCN(C(=O)OC(C)(C)C)C3)n2)s1. The van der Waals surface area contributed by atoms with Gasteiger partial charge in [-0.05, 0) is 58.6 Å². The normalized spacial score (nSPS) is 17.8. The number of hydrogen-bond acceptors (Lipinski definition) is 5. The van der Waals surface area contributed by atoms with E-state index in [0.29, 0.717) is 5.92 Å². The molecule has 1 amide bonds. The van der Waals surface area contributed by atoms with Gasteiger partial charge in [-0.2, -0.15) is 0 Å². The minimum absolute atomic E-state index is 0.213. The Kier molecular flexibility index (Phi) is 5.08. The van der Waals surface area contributed by atoms with Crippen LogP contribution >= 0.6 is 11.3 Å². The van der Waals surface area contributed by atoms with Crippen LogP contribution < -0.4 is 0 Å². The summed E-state index contributed by atoms with van der Waals surface area (Å²) in [7, 11) is 0. The summed E-state index contributed by atoms with van der Waals surface area (Å²) in [6.45, 7) is 9.23. The van der Waals surface area contributed by atoms with Crippen LogP contribution in [0.15, 0.2) is 24.4 Å². The molecule has 2 aromatic rings. The average Bonchev–Trinajstić information content (AvgIpc) is 3.15. The lowest BCUT2D eigenvalue weighted by atomic mass is 10.0. The quantitative estimate of drug-likeness (QED) is 0.819. The first-order valence-electron chi connectivity index (χ1n) is 8.67. The van der Waals surface area contributed by atoms with Crippen molar-refractivity contribution < 1.29 is 9.53 Å². The molecule has 1 aliphatic rings. The van der Waals surface area contributed by atoms with Gasteiger partial charge in [-0.3, -0.25) is 4.98 Å². The molecule has 0 N–H and O–H groups in total. The van der Waals surface area contributed by atoms with Crippen molar-refractivity contribution in [2.24, 2.45) is 5.92 Å². The smallest absolute Gasteiger partial charge is 0.410 e. The summed E-state index contributed by atoms with van der Waals surface area (Å²) in [5.41, 5.74) is 1.54. The van der Waals surface area contributed by atoms with E-state index >= 15 is 0 Å². The largest absolute Gasteiger partial charge is 0.444 e. The monoisotopic (exact) mass is 359 g/mol. The molecule has 1 aliphatic heterocycles. The Labute approximate surface area is 153 Å². The van der Waals surface area contributed by atoms with E-state index in [-0.39, 0.29) is 6.09 Å². The third-order valence-electron chi connectivity index (χ3n) is 4.08. The van der Waals surface area contributed by atoms with Crippen molar-refractivity contribution in [3.63, 3.8) is 0 Å². The van der Waals surface area contributed by atoms with Crippen LogP contribution in [0.1, 0.15) is 37.8 Å². The molecule has 0 aromatic carbocycles. The lowest BCUT2D eigenvalue weighted by Gasteiger charge is -2.24. The summed E-state index contributed by atoms with van der Waals surface area (Å²) < 4.78 is 5.46. The Morgan fingerprint density at radius 2 is 2.20 bits per heavy atom. The summed E-state index contributed by atoms with van der Waals surface area (Å²) in [4.78, 5) is 24.4. The van der Waals surface area contributed by atoms with Crippen molar-refractivity contribution in [1.29, 1.82) is 0 Å². The number of hydrogen-bond donors (Lipinski definition) is 0. The molecule has 1 atom stereocenters. The van der Waals surface area contributed by atoms with Crippen LogP contribution in [-0.2, 0) is 11.2 Å². The molecule has 5 nitrogen and oxygen atoms in total. The van der Waals surface area contributed by atoms with E-state index in [1.54, 1.807) is 11.3 Å². The molecular weight excluding hydrogens is 334 g/mol. The van der Waals surface area contributed by atoms with Crippen molar-refractivity contribution >= 4 is 17.4 Å². The maximum atomic E-state index is 12.2. The molecule has 1 fully saturated rings. The van der Waals surface area contributed by atoms with Crippen molar-refractivity contribution in [1.82, 2.24) is 14.9 Å². The van der Waals surface area contributed by atoms with Crippen LogP contribution in [0, 0.1) is 12.8 Å². The van der Waals surface area contributed by atoms with E-state index in [1.807, 2.05) is 44.0 Å². The van der Waals surface area contributed by atoms with E-state index in [9.17, 15) is 4.79 Å². The third kappa shape index (κ3) is 4.78. The van der Waals surface area contributed by atoms with Gasteiger partial charge in [0, 0.05) is 29.9 Å². The number of thiazole rings is 1. The second-order valence-electron chi connectivity index (χ2n) is 7.58. The number of ether oxygens (including phenoxy) is 1. The topological polar surface area (TPSA) is 55.3 Å². The summed E-state index contributed by atoms with van der Waals surface area (Å²) >= 11 is 1.66. The fourth-order valence-electron chi connectivity index (χ4n) is 2.97. The van der Waals surface area contributed by atoms with Crippen molar-refractivity contribution in [3.8, 4) is 10.7 Å². The zero-order chi connectivity index (χ0) is 18.0. The van der Waals surface area contributed by atoms with Crippen LogP contribution in [0.2, 0.25) is 0 Å². The van der Waals surface area contributed by atoms with Gasteiger partial charge in [0.05, 0.1) is 5.69 Å². The number of aryl methyl sites for hydroxylation is 1. The highest BCUT2D eigenvalue weighted by atomic mass is 32.1. The van der Waals surface area contributed by atoms with E-state index < -0.39 is 5.60 Å². The minimum Gasteiger partial charge on any atom is -0.444 e. The number of pyridine rings is 1. The van der Waals surface area contributed by atoms with Gasteiger partial charge >= 0.3 is 6.09 Å². The third-order valence-corrected chi connectivity index (χ3v) is 5.02. The maximum absolute atomic E-state index is 12.2. The molecule has 134 valence electrons. The highest BCUT2D eigenvalue weighted by Crippen LogP contribution is 2.25. The molecule has 2 aromatic heterocycles. The number of carbonyl (C=O) groups is 1. The van der Waals surface area contributed by atoms with Crippen LogP contribution in [-0.4, -0.2) is 39.7 Å². The average molecular weight is 359 g/mol. The number of aromatic nitrogens is 2. The van der Waals surface area contributed by atoms with Gasteiger partial charge in [-0.25, -0.2) is 9.78 Å². The molecule has 25 heavy (non-hydrogen) atoms. The van der Waals surface area contributed by atoms with Crippen LogP contribution in [0.25, 0.3) is 10.7 Å². The van der Waals surface area contributed by atoms with E-state index in [4.69, 9.17) is 9.72 Å². The molecule has 0 aliphatic carbocycles. The maximum Gasteiger partial charge on any atom is 0.410 e. The Balaban J connectivity index is 1.61. The number of amides is 1. The highest BCUT2D eigenvalue weighted by molar-refractivity contribution is 7.14. The Morgan fingerprint density at radius 3 is 2.88 bits per heavy atom. The van der Waals surface area contributed by atoms with Gasteiger partial charge < -0.3 is 9.64 Å². The van der Waals surface area contributed by atoms with Crippen molar-refractivity contribution in [3.05, 3.63) is 35.0 Å². The molecule has 3 rings (SSSR count). The zero-order valence-electron chi connectivity index (χ0n) is 15.3. The fraction of sp³-hybridized carbons (Fsp3) is 0.526. The van der Waals surface area contributed by atoms with Gasteiger partial charge in [0.25, 0.3) is 0 Å².